The summed E-state index contributed by atoms with van der Waals surface area (Å²) in [5.41, 5.74) is 2.13. The van der Waals surface area contributed by atoms with Gasteiger partial charge in [-0.05, 0) is 89.8 Å². The molecule has 4 fully saturated rings. The van der Waals surface area contributed by atoms with Gasteiger partial charge in [0.05, 0.1) is 47.4 Å². The highest BCUT2D eigenvalue weighted by molar-refractivity contribution is 6.08. The molecule has 1 aromatic carbocycles. The summed E-state index contributed by atoms with van der Waals surface area (Å²) in [5.74, 6) is 6.46. The van der Waals surface area contributed by atoms with E-state index < -0.39 is 24.1 Å². The molecule has 9 rings (SSSR count). The fourth-order valence-corrected chi connectivity index (χ4v) is 9.59. The number of hydrogen-bond acceptors (Lipinski definition) is 11. The van der Waals surface area contributed by atoms with E-state index in [1.807, 2.05) is 45.0 Å². The number of rotatable bonds is 10. The number of imide groups is 1. The Morgan fingerprint density at radius 1 is 1.06 bits per heavy atom. The number of likely N-dealkylation sites (tertiary alicyclic amines) is 1. The van der Waals surface area contributed by atoms with Crippen LogP contribution in [0.3, 0.4) is 0 Å². The fourth-order valence-electron chi connectivity index (χ4n) is 9.59. The quantitative estimate of drug-likeness (QED) is 0.132. The minimum atomic E-state index is -2.86. The van der Waals surface area contributed by atoms with E-state index in [0.717, 1.165) is 80.3 Å². The molecule has 0 spiro atoms. The number of nitrogens with one attached hydrogen (secondary N) is 2. The molecule has 0 bridgehead atoms. The van der Waals surface area contributed by atoms with Crippen molar-refractivity contribution in [2.75, 3.05) is 56.2 Å². The largest absolute Gasteiger partial charge is 0.372 e. The summed E-state index contributed by atoms with van der Waals surface area (Å²) in [6.07, 6.45) is 8.01. The zero-order valence-corrected chi connectivity index (χ0v) is 35.9. The Labute approximate surface area is 363 Å². The van der Waals surface area contributed by atoms with Crippen molar-refractivity contribution in [3.05, 3.63) is 65.4 Å². The average molecular weight is 866 g/mol. The molecule has 1 unspecified atom stereocenters. The van der Waals surface area contributed by atoms with Crippen LogP contribution in [0.15, 0.2) is 42.9 Å². The van der Waals surface area contributed by atoms with Crippen molar-refractivity contribution in [3.63, 3.8) is 0 Å². The van der Waals surface area contributed by atoms with E-state index in [1.54, 1.807) is 21.8 Å². The molecule has 7 heterocycles. The number of nitrogens with zero attached hydrogens (tertiary/aromatic N) is 9. The van der Waals surface area contributed by atoms with E-state index in [2.05, 4.69) is 47.6 Å². The number of benzene rings is 1. The summed E-state index contributed by atoms with van der Waals surface area (Å²) in [6, 6.07) is 7.04. The van der Waals surface area contributed by atoms with Crippen LogP contribution >= 0.6 is 0 Å². The smallest absolute Gasteiger partial charge is 0.284 e. The van der Waals surface area contributed by atoms with Gasteiger partial charge in [-0.15, -0.1) is 0 Å². The first-order chi connectivity index (χ1) is 30.4. The predicted molar refractivity (Wildman–Crippen MR) is 230 cm³/mol. The molecule has 3 aliphatic heterocycles. The molecule has 3 saturated heterocycles. The Hall–Kier alpha value is -5.77. The number of carbonyl (C=O) groups excluding carboxylic acids is 3. The summed E-state index contributed by atoms with van der Waals surface area (Å²) in [7, 11) is 0. The van der Waals surface area contributed by atoms with Gasteiger partial charge in [-0.2, -0.15) is 15.3 Å². The standard InChI is InChI=1S/C45H53F2N11O5/c1-28-39-30(6-4-8-35(39)58(52-28)36-13-14-38(59)51-44(36)61)7-5-22-62-32-15-18-54(19-16-32)25-29-9-11-31(12-10-29)57-26-34(40(53-57)41(46)47)49-43(60)33-24-48-56-20-17-37(50-42(33)56)55-21-23-63-45(2,3)27-55/h4,6,8,17,20,24,26,29,31-32,36,41H,9-16,18-19,21-23,25,27H2,1-3H3,(H,49,60)(H,51,59,61). The third-order valence-electron chi connectivity index (χ3n) is 12.8. The monoisotopic (exact) mass is 865 g/mol. The maximum atomic E-state index is 14.3. The summed E-state index contributed by atoms with van der Waals surface area (Å²) < 4.78 is 45.5. The lowest BCUT2D eigenvalue weighted by atomic mass is 9.85. The maximum absolute atomic E-state index is 14.3. The molecular weight excluding hydrogens is 813 g/mol. The zero-order chi connectivity index (χ0) is 43.8. The average Bonchev–Trinajstić information content (AvgIpc) is 3.98. The maximum Gasteiger partial charge on any atom is 0.284 e. The van der Waals surface area contributed by atoms with Crippen molar-refractivity contribution >= 4 is 45.8 Å². The highest BCUT2D eigenvalue weighted by Crippen LogP contribution is 2.36. The highest BCUT2D eigenvalue weighted by atomic mass is 19.3. The summed E-state index contributed by atoms with van der Waals surface area (Å²) >= 11 is 0. The van der Waals surface area contributed by atoms with Gasteiger partial charge in [0.15, 0.2) is 11.3 Å². The lowest BCUT2D eigenvalue weighted by Crippen LogP contribution is -2.48. The van der Waals surface area contributed by atoms with Crippen LogP contribution in [0.1, 0.15) is 111 Å². The number of amides is 3. The van der Waals surface area contributed by atoms with Crippen molar-refractivity contribution in [1.29, 1.82) is 0 Å². The number of halogens is 2. The van der Waals surface area contributed by atoms with Gasteiger partial charge in [0, 0.05) is 62.5 Å². The van der Waals surface area contributed by atoms with Gasteiger partial charge in [-0.3, -0.25) is 29.1 Å². The number of morpholine rings is 1. The molecule has 2 N–H and O–H groups in total. The van der Waals surface area contributed by atoms with Crippen LogP contribution in [0.5, 0.6) is 0 Å². The number of anilines is 2. The highest BCUT2D eigenvalue weighted by Gasteiger charge is 2.33. The fraction of sp³-hybridized carbons (Fsp3) is 0.533. The van der Waals surface area contributed by atoms with Crippen molar-refractivity contribution in [3.8, 4) is 11.8 Å². The molecular formula is C45H53F2N11O5. The van der Waals surface area contributed by atoms with Crippen LogP contribution in [0.4, 0.5) is 20.3 Å². The van der Waals surface area contributed by atoms with E-state index in [9.17, 15) is 23.2 Å². The molecule has 4 aromatic heterocycles. The number of hydrogen-bond donors (Lipinski definition) is 2. The number of ether oxygens (including phenoxy) is 2. The van der Waals surface area contributed by atoms with Gasteiger partial charge in [-0.25, -0.2) is 18.3 Å². The molecule has 0 radical (unpaired) electrons. The van der Waals surface area contributed by atoms with Crippen LogP contribution in [-0.2, 0) is 19.1 Å². The molecule has 16 nitrogen and oxygen atoms in total. The molecule has 1 atom stereocenters. The van der Waals surface area contributed by atoms with Gasteiger partial charge >= 0.3 is 0 Å². The lowest BCUT2D eigenvalue weighted by molar-refractivity contribution is -0.135. The molecule has 1 aliphatic carbocycles. The second kappa shape index (κ2) is 17.8. The van der Waals surface area contributed by atoms with E-state index in [-0.39, 0.29) is 47.2 Å². The zero-order valence-electron chi connectivity index (χ0n) is 35.9. The summed E-state index contributed by atoms with van der Waals surface area (Å²) in [5, 5.41) is 19.2. The number of alkyl halides is 2. The number of aromatic nitrogens is 7. The first kappa shape index (κ1) is 42.5. The molecule has 3 amide bonds. The number of piperidine rings is 2. The second-order valence-corrected chi connectivity index (χ2v) is 17.8. The number of fused-ring (bicyclic) bond motifs is 2. The molecule has 5 aromatic rings. The first-order valence-electron chi connectivity index (χ1n) is 22.0. The van der Waals surface area contributed by atoms with Crippen molar-refractivity contribution in [1.82, 2.24) is 44.4 Å². The van der Waals surface area contributed by atoms with Gasteiger partial charge in [0.1, 0.15) is 24.0 Å². The molecule has 332 valence electrons. The number of carbonyl (C=O) groups is 3. The van der Waals surface area contributed by atoms with Gasteiger partial charge < -0.3 is 24.6 Å². The Morgan fingerprint density at radius 3 is 2.63 bits per heavy atom. The van der Waals surface area contributed by atoms with Crippen LogP contribution in [0.25, 0.3) is 16.6 Å². The summed E-state index contributed by atoms with van der Waals surface area (Å²) in [6.45, 7) is 10.9. The topological polar surface area (TPSA) is 166 Å². The Kier molecular flexibility index (Phi) is 12.0. The third kappa shape index (κ3) is 9.18. The summed E-state index contributed by atoms with van der Waals surface area (Å²) in [4.78, 5) is 47.1. The van der Waals surface area contributed by atoms with Crippen molar-refractivity contribution in [2.24, 2.45) is 5.92 Å². The van der Waals surface area contributed by atoms with Crippen molar-refractivity contribution in [2.45, 2.75) is 102 Å². The molecule has 4 aliphatic rings. The molecule has 18 heteroatoms. The van der Waals surface area contributed by atoms with Crippen LogP contribution in [-0.4, -0.2) is 114 Å². The molecule has 63 heavy (non-hydrogen) atoms. The van der Waals surface area contributed by atoms with E-state index in [4.69, 9.17) is 14.5 Å². The first-order valence-corrected chi connectivity index (χ1v) is 22.0. The number of aryl methyl sites for hydroxylation is 1. The molecule has 1 saturated carbocycles. The van der Waals surface area contributed by atoms with Crippen LogP contribution in [0.2, 0.25) is 0 Å². The SMILES string of the molecule is Cc1nn(C2CCC(=O)NC2=O)c2cccc(C#CCOC3CCN(CC4CCC(n5cc(NC(=O)c6cnn7ccc(N8CCOC(C)(C)C8)nc67)c(C(F)F)n5)CC4)CC3)c12. The van der Waals surface area contributed by atoms with Gasteiger partial charge in [0.2, 0.25) is 5.91 Å². The van der Waals surface area contributed by atoms with Crippen LogP contribution in [0, 0.1) is 24.7 Å². The van der Waals surface area contributed by atoms with Crippen molar-refractivity contribution < 1.29 is 32.6 Å². The third-order valence-corrected chi connectivity index (χ3v) is 12.8. The van der Waals surface area contributed by atoms with E-state index in [1.165, 1.54) is 10.7 Å². The minimum absolute atomic E-state index is 0.00914. The predicted octanol–water partition coefficient (Wildman–Crippen LogP) is 5.63. The van der Waals surface area contributed by atoms with Gasteiger partial charge in [-0.1, -0.05) is 17.9 Å². The Bertz CT molecular complexity index is 2580. The normalized spacial score (nSPS) is 22.4. The van der Waals surface area contributed by atoms with E-state index >= 15 is 0 Å². The van der Waals surface area contributed by atoms with Crippen LogP contribution < -0.4 is 15.5 Å². The van der Waals surface area contributed by atoms with Gasteiger partial charge in [0.25, 0.3) is 18.2 Å². The Balaban J connectivity index is 0.746. The Morgan fingerprint density at radius 2 is 1.87 bits per heavy atom. The van der Waals surface area contributed by atoms with E-state index in [0.29, 0.717) is 50.1 Å². The minimum Gasteiger partial charge on any atom is -0.372 e. The second-order valence-electron chi connectivity index (χ2n) is 17.8. The lowest BCUT2D eigenvalue weighted by Gasteiger charge is -2.38.